The third kappa shape index (κ3) is 3.50. The fourth-order valence-corrected chi connectivity index (χ4v) is 3.66. The molecule has 1 fully saturated rings. The van der Waals surface area contributed by atoms with Crippen molar-refractivity contribution in [3.8, 4) is 0 Å². The molecule has 6 nitrogen and oxygen atoms in total. The Morgan fingerprint density at radius 3 is 2.67 bits per heavy atom. The number of aryl methyl sites for hydroxylation is 3. The van der Waals surface area contributed by atoms with Crippen LogP contribution in [0.25, 0.3) is 0 Å². The molecule has 0 amide bonds. The number of halogens is 1. The summed E-state index contributed by atoms with van der Waals surface area (Å²) in [7, 11) is 4.14. The molecule has 1 unspecified atom stereocenters. The molecule has 24 heavy (non-hydrogen) atoms. The van der Waals surface area contributed by atoms with Gasteiger partial charge in [-0.15, -0.1) is 12.4 Å². The van der Waals surface area contributed by atoms with Crippen molar-refractivity contribution >= 4 is 12.4 Å². The van der Waals surface area contributed by atoms with Crippen LogP contribution in [0.5, 0.6) is 0 Å². The van der Waals surface area contributed by atoms with Gasteiger partial charge in [-0.05, 0) is 12.8 Å². The molecule has 0 aromatic carbocycles. The molecule has 1 N–H and O–H groups in total. The van der Waals surface area contributed by atoms with Crippen molar-refractivity contribution in [3.05, 3.63) is 35.2 Å². The van der Waals surface area contributed by atoms with E-state index in [1.54, 1.807) is 0 Å². The molecule has 1 saturated heterocycles. The van der Waals surface area contributed by atoms with Crippen molar-refractivity contribution in [1.29, 1.82) is 0 Å². The van der Waals surface area contributed by atoms with E-state index in [1.165, 1.54) is 17.0 Å². The standard InChI is InChI=1S/C17H28N6.ClH/c1-5-14-13(15(6-2)22(4)20-14)12-23-10-7-18-11-16(23)17-19-8-9-21(17)3;/h8-9,16,18H,5-7,10-12H2,1-4H3;1H. The topological polar surface area (TPSA) is 50.9 Å². The normalized spacial score (nSPS) is 18.6. The summed E-state index contributed by atoms with van der Waals surface area (Å²) >= 11 is 0. The molecule has 1 aliphatic rings. The number of rotatable bonds is 5. The van der Waals surface area contributed by atoms with Crippen LogP contribution in [0.4, 0.5) is 0 Å². The van der Waals surface area contributed by atoms with Gasteiger partial charge in [0.05, 0.1) is 11.7 Å². The van der Waals surface area contributed by atoms with Gasteiger partial charge in [0.15, 0.2) is 0 Å². The van der Waals surface area contributed by atoms with E-state index in [0.29, 0.717) is 6.04 Å². The zero-order valence-electron chi connectivity index (χ0n) is 15.1. The number of imidazole rings is 1. The lowest BCUT2D eigenvalue weighted by molar-refractivity contribution is 0.144. The van der Waals surface area contributed by atoms with E-state index in [-0.39, 0.29) is 12.4 Å². The van der Waals surface area contributed by atoms with Crippen LogP contribution in [0.1, 0.15) is 42.7 Å². The molecule has 2 aromatic heterocycles. The molecule has 1 aliphatic heterocycles. The summed E-state index contributed by atoms with van der Waals surface area (Å²) in [6.45, 7) is 8.39. The molecular formula is C17H29ClN6. The molecule has 2 aromatic rings. The lowest BCUT2D eigenvalue weighted by atomic mass is 10.1. The summed E-state index contributed by atoms with van der Waals surface area (Å²) in [5.41, 5.74) is 4.01. The Labute approximate surface area is 150 Å². The minimum Gasteiger partial charge on any atom is -0.337 e. The highest BCUT2D eigenvalue weighted by Gasteiger charge is 2.28. The summed E-state index contributed by atoms with van der Waals surface area (Å²) in [5, 5.41) is 8.24. The lowest BCUT2D eigenvalue weighted by Gasteiger charge is -2.35. The Bertz CT molecular complexity index is 662. The summed E-state index contributed by atoms with van der Waals surface area (Å²) in [5.74, 6) is 1.14. The second kappa shape index (κ2) is 8.14. The number of piperazine rings is 1. The van der Waals surface area contributed by atoms with Gasteiger partial charge < -0.3 is 9.88 Å². The van der Waals surface area contributed by atoms with Crippen molar-refractivity contribution < 1.29 is 0 Å². The van der Waals surface area contributed by atoms with Crippen molar-refractivity contribution in [3.63, 3.8) is 0 Å². The van der Waals surface area contributed by atoms with Gasteiger partial charge in [-0.25, -0.2) is 4.98 Å². The largest absolute Gasteiger partial charge is 0.337 e. The van der Waals surface area contributed by atoms with Crippen LogP contribution in [-0.2, 0) is 33.5 Å². The van der Waals surface area contributed by atoms with Gasteiger partial charge in [0.25, 0.3) is 0 Å². The Morgan fingerprint density at radius 1 is 1.25 bits per heavy atom. The minimum absolute atomic E-state index is 0. The predicted octanol–water partition coefficient (Wildman–Crippen LogP) is 1.85. The number of hydrogen-bond acceptors (Lipinski definition) is 4. The van der Waals surface area contributed by atoms with E-state index in [1.807, 2.05) is 12.4 Å². The SMILES string of the molecule is CCc1nn(C)c(CC)c1CN1CCNCC1c1nccn1C.Cl. The molecule has 7 heteroatoms. The second-order valence-electron chi connectivity index (χ2n) is 6.29. The first-order valence-electron chi connectivity index (χ1n) is 8.61. The van der Waals surface area contributed by atoms with Crippen molar-refractivity contribution in [2.45, 2.75) is 39.3 Å². The predicted molar refractivity (Wildman–Crippen MR) is 98.4 cm³/mol. The fourth-order valence-electron chi connectivity index (χ4n) is 3.66. The Morgan fingerprint density at radius 2 is 2.04 bits per heavy atom. The van der Waals surface area contributed by atoms with Gasteiger partial charge in [0.1, 0.15) is 5.82 Å². The maximum Gasteiger partial charge on any atom is 0.127 e. The van der Waals surface area contributed by atoms with Crippen LogP contribution in [0.15, 0.2) is 12.4 Å². The zero-order chi connectivity index (χ0) is 16.4. The van der Waals surface area contributed by atoms with Gasteiger partial charge in [-0.3, -0.25) is 9.58 Å². The first-order chi connectivity index (χ1) is 11.2. The highest BCUT2D eigenvalue weighted by molar-refractivity contribution is 5.85. The first-order valence-corrected chi connectivity index (χ1v) is 8.61. The molecule has 0 radical (unpaired) electrons. The number of aromatic nitrogens is 4. The van der Waals surface area contributed by atoms with E-state index >= 15 is 0 Å². The molecule has 1 atom stereocenters. The van der Waals surface area contributed by atoms with Gasteiger partial charge >= 0.3 is 0 Å². The maximum absolute atomic E-state index is 4.72. The van der Waals surface area contributed by atoms with E-state index < -0.39 is 0 Å². The molecule has 0 spiro atoms. The Hall–Kier alpha value is -1.37. The van der Waals surface area contributed by atoms with E-state index in [4.69, 9.17) is 5.10 Å². The Kier molecular flexibility index (Phi) is 6.43. The second-order valence-corrected chi connectivity index (χ2v) is 6.29. The van der Waals surface area contributed by atoms with Crippen LogP contribution in [0.3, 0.4) is 0 Å². The quantitative estimate of drug-likeness (QED) is 0.892. The summed E-state index contributed by atoms with van der Waals surface area (Å²) in [6.07, 6.45) is 5.93. The maximum atomic E-state index is 4.72. The summed E-state index contributed by atoms with van der Waals surface area (Å²) < 4.78 is 4.20. The first kappa shape index (κ1) is 19.0. The average molecular weight is 353 g/mol. The fraction of sp³-hybridized carbons (Fsp3) is 0.647. The third-order valence-electron chi connectivity index (χ3n) is 4.90. The van der Waals surface area contributed by atoms with E-state index in [9.17, 15) is 0 Å². The van der Waals surface area contributed by atoms with Crippen LogP contribution >= 0.6 is 12.4 Å². The summed E-state index contributed by atoms with van der Waals surface area (Å²) in [4.78, 5) is 7.13. The van der Waals surface area contributed by atoms with E-state index in [2.05, 4.69) is 52.4 Å². The highest BCUT2D eigenvalue weighted by Crippen LogP contribution is 2.25. The molecule has 134 valence electrons. The molecule has 3 heterocycles. The van der Waals surface area contributed by atoms with Crippen LogP contribution in [0, 0.1) is 0 Å². The van der Waals surface area contributed by atoms with Gasteiger partial charge in [0, 0.05) is 63.9 Å². The van der Waals surface area contributed by atoms with Crippen molar-refractivity contribution in [2.24, 2.45) is 14.1 Å². The molecule has 0 saturated carbocycles. The molecule has 0 bridgehead atoms. The van der Waals surface area contributed by atoms with Crippen molar-refractivity contribution in [2.75, 3.05) is 19.6 Å². The van der Waals surface area contributed by atoms with Gasteiger partial charge in [-0.1, -0.05) is 13.8 Å². The van der Waals surface area contributed by atoms with Gasteiger partial charge in [-0.2, -0.15) is 5.10 Å². The zero-order valence-corrected chi connectivity index (χ0v) is 15.9. The highest BCUT2D eigenvalue weighted by atomic mass is 35.5. The lowest BCUT2D eigenvalue weighted by Crippen LogP contribution is -2.46. The third-order valence-corrected chi connectivity index (χ3v) is 4.90. The smallest absolute Gasteiger partial charge is 0.127 e. The van der Waals surface area contributed by atoms with Crippen molar-refractivity contribution in [1.82, 2.24) is 29.5 Å². The van der Waals surface area contributed by atoms with Gasteiger partial charge in [0.2, 0.25) is 0 Å². The van der Waals surface area contributed by atoms with Crippen LogP contribution < -0.4 is 5.32 Å². The van der Waals surface area contributed by atoms with Crippen LogP contribution in [0.2, 0.25) is 0 Å². The molecule has 0 aliphatic carbocycles. The molecular weight excluding hydrogens is 324 g/mol. The van der Waals surface area contributed by atoms with E-state index in [0.717, 1.165) is 44.8 Å². The number of nitrogens with one attached hydrogen (secondary N) is 1. The minimum atomic E-state index is 0. The number of hydrogen-bond donors (Lipinski definition) is 1. The average Bonchev–Trinajstić information content (AvgIpc) is 3.11. The number of nitrogens with zero attached hydrogens (tertiary/aromatic N) is 5. The summed E-state index contributed by atoms with van der Waals surface area (Å²) in [6, 6.07) is 0.318. The molecule has 3 rings (SSSR count). The Balaban J connectivity index is 0.00000208. The van der Waals surface area contributed by atoms with Crippen LogP contribution in [-0.4, -0.2) is 43.9 Å². The monoisotopic (exact) mass is 352 g/mol.